The van der Waals surface area contributed by atoms with Gasteiger partial charge in [0.25, 0.3) is 5.91 Å². The molecule has 0 aromatic rings. The molecule has 0 aromatic heterocycles. The number of amides is 1. The molecule has 4 heteroatoms. The number of unbranched alkanes of at least 4 members (excludes halogenated alkanes) is 5. The van der Waals surface area contributed by atoms with E-state index in [-0.39, 0.29) is 11.8 Å². The van der Waals surface area contributed by atoms with Gasteiger partial charge in [0.2, 0.25) is 0 Å². The van der Waals surface area contributed by atoms with Gasteiger partial charge in [-0.25, -0.2) is 5.84 Å². The van der Waals surface area contributed by atoms with Crippen LogP contribution >= 0.6 is 0 Å². The summed E-state index contributed by atoms with van der Waals surface area (Å²) in [6.45, 7) is 6.77. The molecule has 0 aliphatic carbocycles. The van der Waals surface area contributed by atoms with Crippen LogP contribution in [0.1, 0.15) is 59.3 Å². The van der Waals surface area contributed by atoms with Crippen molar-refractivity contribution in [2.24, 2.45) is 11.8 Å². The minimum absolute atomic E-state index is 0.152. The molecule has 0 spiro atoms. The number of nitrogens with two attached hydrogens (primary N) is 1. The summed E-state index contributed by atoms with van der Waals surface area (Å²) in [4.78, 5) is 11.4. The highest BCUT2D eigenvalue weighted by Gasteiger charge is 2.21. The lowest BCUT2D eigenvalue weighted by molar-refractivity contribution is -0.135. The molecular weight excluding hydrogens is 216 g/mol. The highest BCUT2D eigenvalue weighted by Crippen LogP contribution is 2.09. The number of carbonyl (C=O) groups is 1. The van der Waals surface area contributed by atoms with Gasteiger partial charge in [-0.15, -0.1) is 0 Å². The number of hydrazine groups is 1. The van der Waals surface area contributed by atoms with Crippen LogP contribution in [0.2, 0.25) is 0 Å². The molecule has 0 saturated carbocycles. The van der Waals surface area contributed by atoms with Crippen LogP contribution in [-0.2, 0) is 9.53 Å². The Kier molecular flexibility index (Phi) is 10.2. The molecule has 0 aliphatic heterocycles. The second-order valence-corrected chi connectivity index (χ2v) is 4.81. The summed E-state index contributed by atoms with van der Waals surface area (Å²) in [7, 11) is 0. The Balaban J connectivity index is 3.58. The van der Waals surface area contributed by atoms with Gasteiger partial charge in [0, 0.05) is 6.61 Å². The molecule has 17 heavy (non-hydrogen) atoms. The van der Waals surface area contributed by atoms with Crippen LogP contribution in [0.3, 0.4) is 0 Å². The molecule has 1 amide bonds. The fourth-order valence-corrected chi connectivity index (χ4v) is 1.75. The molecule has 0 saturated heterocycles. The molecule has 102 valence electrons. The van der Waals surface area contributed by atoms with Crippen molar-refractivity contribution in [1.82, 2.24) is 5.43 Å². The summed E-state index contributed by atoms with van der Waals surface area (Å²) in [5.41, 5.74) is 2.15. The molecule has 1 unspecified atom stereocenters. The lowest BCUT2D eigenvalue weighted by Gasteiger charge is -2.19. The highest BCUT2D eigenvalue weighted by atomic mass is 16.5. The van der Waals surface area contributed by atoms with E-state index in [4.69, 9.17) is 10.6 Å². The highest BCUT2D eigenvalue weighted by molar-refractivity contribution is 5.80. The Morgan fingerprint density at radius 2 is 1.76 bits per heavy atom. The summed E-state index contributed by atoms with van der Waals surface area (Å²) in [6.07, 6.45) is 6.91. The third-order valence-corrected chi connectivity index (χ3v) is 2.80. The molecular formula is C13H28N2O2. The number of carbonyl (C=O) groups excluding carboxylic acids is 1. The third kappa shape index (κ3) is 8.16. The van der Waals surface area contributed by atoms with Crippen LogP contribution in [0.15, 0.2) is 0 Å². The maximum absolute atomic E-state index is 11.4. The summed E-state index contributed by atoms with van der Waals surface area (Å²) >= 11 is 0. The molecule has 0 radical (unpaired) electrons. The first-order valence-corrected chi connectivity index (χ1v) is 6.75. The Morgan fingerprint density at radius 3 is 2.29 bits per heavy atom. The minimum atomic E-state index is -0.421. The van der Waals surface area contributed by atoms with Crippen LogP contribution in [0.4, 0.5) is 0 Å². The van der Waals surface area contributed by atoms with Crippen LogP contribution in [0, 0.1) is 5.92 Å². The van der Waals surface area contributed by atoms with E-state index in [2.05, 4.69) is 12.3 Å². The van der Waals surface area contributed by atoms with Crippen molar-refractivity contribution in [3.05, 3.63) is 0 Å². The van der Waals surface area contributed by atoms with Gasteiger partial charge < -0.3 is 4.74 Å². The first-order valence-electron chi connectivity index (χ1n) is 6.75. The van der Waals surface area contributed by atoms with E-state index < -0.39 is 6.10 Å². The van der Waals surface area contributed by atoms with Gasteiger partial charge in [-0.05, 0) is 12.3 Å². The fraction of sp³-hybridized carbons (Fsp3) is 0.923. The average Bonchev–Trinajstić information content (AvgIpc) is 2.31. The Bertz CT molecular complexity index is 196. The van der Waals surface area contributed by atoms with Gasteiger partial charge in [-0.2, -0.15) is 0 Å². The van der Waals surface area contributed by atoms with Crippen LogP contribution < -0.4 is 11.3 Å². The van der Waals surface area contributed by atoms with Crippen molar-refractivity contribution < 1.29 is 9.53 Å². The zero-order valence-corrected chi connectivity index (χ0v) is 11.5. The molecule has 3 N–H and O–H groups in total. The Hall–Kier alpha value is -0.610. The zero-order valence-electron chi connectivity index (χ0n) is 11.5. The molecule has 0 rings (SSSR count). The number of hydrogen-bond donors (Lipinski definition) is 2. The predicted octanol–water partition coefficient (Wildman–Crippen LogP) is 2.38. The first-order chi connectivity index (χ1) is 8.13. The van der Waals surface area contributed by atoms with Gasteiger partial charge in [0.1, 0.15) is 6.10 Å². The lowest BCUT2D eigenvalue weighted by Crippen LogP contribution is -2.43. The Morgan fingerprint density at radius 1 is 1.18 bits per heavy atom. The number of rotatable bonds is 10. The van der Waals surface area contributed by atoms with Crippen molar-refractivity contribution in [3.8, 4) is 0 Å². The van der Waals surface area contributed by atoms with Crippen LogP contribution in [-0.4, -0.2) is 18.6 Å². The van der Waals surface area contributed by atoms with Crippen molar-refractivity contribution in [3.63, 3.8) is 0 Å². The van der Waals surface area contributed by atoms with E-state index in [1.165, 1.54) is 32.1 Å². The fourth-order valence-electron chi connectivity index (χ4n) is 1.75. The molecule has 0 aromatic carbocycles. The van der Waals surface area contributed by atoms with Crippen LogP contribution in [0.25, 0.3) is 0 Å². The smallest absolute Gasteiger partial charge is 0.263 e. The van der Waals surface area contributed by atoms with E-state index in [0.717, 1.165) is 6.42 Å². The van der Waals surface area contributed by atoms with Gasteiger partial charge in [0.05, 0.1) is 0 Å². The zero-order chi connectivity index (χ0) is 13.1. The van der Waals surface area contributed by atoms with E-state index >= 15 is 0 Å². The summed E-state index contributed by atoms with van der Waals surface area (Å²) < 4.78 is 5.57. The van der Waals surface area contributed by atoms with Gasteiger partial charge in [-0.3, -0.25) is 10.2 Å². The Labute approximate surface area is 105 Å². The van der Waals surface area contributed by atoms with Crippen molar-refractivity contribution in [1.29, 1.82) is 0 Å². The number of hydrogen-bond acceptors (Lipinski definition) is 3. The maximum atomic E-state index is 11.4. The topological polar surface area (TPSA) is 64.3 Å². The van der Waals surface area contributed by atoms with Crippen molar-refractivity contribution in [2.45, 2.75) is 65.4 Å². The van der Waals surface area contributed by atoms with E-state index in [9.17, 15) is 4.79 Å². The average molecular weight is 244 g/mol. The monoisotopic (exact) mass is 244 g/mol. The SMILES string of the molecule is CCCCCCCCOC(C(=O)NN)C(C)C. The predicted molar refractivity (Wildman–Crippen MR) is 70.3 cm³/mol. The lowest BCUT2D eigenvalue weighted by atomic mass is 10.1. The molecule has 0 aliphatic rings. The largest absolute Gasteiger partial charge is 0.368 e. The number of ether oxygens (including phenoxy) is 1. The summed E-state index contributed by atoms with van der Waals surface area (Å²) in [5, 5.41) is 0. The minimum Gasteiger partial charge on any atom is -0.368 e. The second kappa shape index (κ2) is 10.5. The van der Waals surface area contributed by atoms with Gasteiger partial charge in [0.15, 0.2) is 0 Å². The normalized spacial score (nSPS) is 12.8. The molecule has 1 atom stereocenters. The quantitative estimate of drug-likeness (QED) is 0.268. The second-order valence-electron chi connectivity index (χ2n) is 4.81. The third-order valence-electron chi connectivity index (χ3n) is 2.80. The maximum Gasteiger partial charge on any atom is 0.263 e. The standard InChI is InChI=1S/C13H28N2O2/c1-4-5-6-7-8-9-10-17-12(11(2)3)13(16)15-14/h11-12H,4-10,14H2,1-3H3,(H,15,16). The first kappa shape index (κ1) is 16.4. The summed E-state index contributed by atoms with van der Waals surface area (Å²) in [6, 6.07) is 0. The van der Waals surface area contributed by atoms with E-state index in [1.54, 1.807) is 0 Å². The number of nitrogens with one attached hydrogen (secondary N) is 1. The molecule has 0 fully saturated rings. The van der Waals surface area contributed by atoms with E-state index in [0.29, 0.717) is 6.61 Å². The van der Waals surface area contributed by atoms with Crippen molar-refractivity contribution >= 4 is 5.91 Å². The van der Waals surface area contributed by atoms with Gasteiger partial charge >= 0.3 is 0 Å². The van der Waals surface area contributed by atoms with Crippen molar-refractivity contribution in [2.75, 3.05) is 6.61 Å². The van der Waals surface area contributed by atoms with Crippen LogP contribution in [0.5, 0.6) is 0 Å². The van der Waals surface area contributed by atoms with E-state index in [1.807, 2.05) is 13.8 Å². The molecule has 0 heterocycles. The molecule has 0 bridgehead atoms. The van der Waals surface area contributed by atoms with Gasteiger partial charge in [-0.1, -0.05) is 52.9 Å². The summed E-state index contributed by atoms with van der Waals surface area (Å²) in [5.74, 6) is 5.04. The molecule has 4 nitrogen and oxygen atoms in total.